The van der Waals surface area contributed by atoms with Crippen molar-refractivity contribution >= 4 is 34.7 Å². The number of nitrogens with one attached hydrogen (secondary N) is 1. The molecule has 2 aliphatic carbocycles. The van der Waals surface area contributed by atoms with E-state index >= 15 is 0 Å². The molecule has 2 fully saturated rings. The maximum absolute atomic E-state index is 12.2. The highest BCUT2D eigenvalue weighted by molar-refractivity contribution is 8.01. The number of rotatable bonds is 6. The van der Waals surface area contributed by atoms with E-state index < -0.39 is 0 Å². The molecule has 4 nitrogen and oxygen atoms in total. The van der Waals surface area contributed by atoms with Crippen molar-refractivity contribution in [2.45, 2.75) is 62.1 Å². The van der Waals surface area contributed by atoms with Gasteiger partial charge in [-0.3, -0.25) is 4.79 Å². The fourth-order valence-corrected chi connectivity index (χ4v) is 6.76. The van der Waals surface area contributed by atoms with Crippen molar-refractivity contribution in [2.75, 3.05) is 11.1 Å². The summed E-state index contributed by atoms with van der Waals surface area (Å²) in [7, 11) is 0. The molecule has 2 aliphatic rings. The van der Waals surface area contributed by atoms with Gasteiger partial charge in [0.25, 0.3) is 0 Å². The van der Waals surface area contributed by atoms with Crippen LogP contribution in [0.4, 0.5) is 5.69 Å². The molecule has 2 bridgehead atoms. The SMILES string of the molecule is CCC1CC2CC(C1)CC(C)(c1ccc(NC(=O)CSc3nncs3)cc1)C2. The standard InChI is InChI=1S/C22H29N3OS2/c1-3-15-8-16-10-17(9-15)12-22(2,11-16)18-4-6-19(7-5-18)24-20(26)13-27-21-25-23-14-28-21/h4-7,14-17H,3,8-13H2,1-2H3,(H,24,26). The summed E-state index contributed by atoms with van der Waals surface area (Å²) in [4.78, 5) is 12.2. The number of carbonyl (C=O) groups is 1. The maximum Gasteiger partial charge on any atom is 0.234 e. The summed E-state index contributed by atoms with van der Waals surface area (Å²) in [5.74, 6) is 3.08. The van der Waals surface area contributed by atoms with Gasteiger partial charge in [-0.05, 0) is 73.0 Å². The molecular formula is C22H29N3OS2. The number of amides is 1. The van der Waals surface area contributed by atoms with E-state index in [1.165, 1.54) is 67.2 Å². The third kappa shape index (κ3) is 4.60. The van der Waals surface area contributed by atoms with Crippen molar-refractivity contribution in [1.82, 2.24) is 10.2 Å². The third-order valence-electron chi connectivity index (χ3n) is 6.59. The average Bonchev–Trinajstić information content (AvgIpc) is 3.19. The predicted molar refractivity (Wildman–Crippen MR) is 117 cm³/mol. The fraction of sp³-hybridized carbons (Fsp3) is 0.591. The second-order valence-electron chi connectivity index (χ2n) is 8.80. The van der Waals surface area contributed by atoms with E-state index in [1.54, 1.807) is 5.51 Å². The van der Waals surface area contributed by atoms with Gasteiger partial charge in [0.2, 0.25) is 5.91 Å². The molecule has 2 aromatic rings. The smallest absolute Gasteiger partial charge is 0.234 e. The number of hydrogen-bond acceptors (Lipinski definition) is 5. The minimum atomic E-state index is -0.00281. The molecule has 0 saturated heterocycles. The second kappa shape index (κ2) is 8.54. The van der Waals surface area contributed by atoms with Gasteiger partial charge in [-0.15, -0.1) is 10.2 Å². The number of aromatic nitrogens is 2. The normalized spacial score (nSPS) is 29.4. The van der Waals surface area contributed by atoms with Crippen molar-refractivity contribution in [3.63, 3.8) is 0 Å². The van der Waals surface area contributed by atoms with E-state index in [0.717, 1.165) is 27.8 Å². The zero-order chi connectivity index (χ0) is 19.6. The van der Waals surface area contributed by atoms with Crippen molar-refractivity contribution in [2.24, 2.45) is 17.8 Å². The monoisotopic (exact) mass is 415 g/mol. The Morgan fingerprint density at radius 2 is 1.93 bits per heavy atom. The van der Waals surface area contributed by atoms with E-state index in [2.05, 4.69) is 53.6 Å². The summed E-state index contributed by atoms with van der Waals surface area (Å²) in [5, 5.41) is 10.7. The molecule has 28 heavy (non-hydrogen) atoms. The van der Waals surface area contributed by atoms with Gasteiger partial charge in [-0.1, -0.05) is 55.5 Å². The van der Waals surface area contributed by atoms with Crippen LogP contribution in [-0.2, 0) is 10.2 Å². The van der Waals surface area contributed by atoms with Crippen LogP contribution in [-0.4, -0.2) is 21.9 Å². The Hall–Kier alpha value is -1.40. The number of nitrogens with zero attached hydrogens (tertiary/aromatic N) is 2. The van der Waals surface area contributed by atoms with Gasteiger partial charge < -0.3 is 5.32 Å². The summed E-state index contributed by atoms with van der Waals surface area (Å²) in [5.41, 5.74) is 4.26. The van der Waals surface area contributed by atoms with Crippen LogP contribution >= 0.6 is 23.1 Å². The molecule has 1 heterocycles. The Bertz CT molecular complexity index is 777. The van der Waals surface area contributed by atoms with Gasteiger partial charge in [0, 0.05) is 5.69 Å². The van der Waals surface area contributed by atoms with Crippen LogP contribution in [0, 0.1) is 17.8 Å². The quantitative estimate of drug-likeness (QED) is 0.609. The zero-order valence-corrected chi connectivity index (χ0v) is 18.3. The lowest BCUT2D eigenvalue weighted by molar-refractivity contribution is -0.113. The number of hydrogen-bond donors (Lipinski definition) is 1. The first kappa shape index (κ1) is 19.9. The molecule has 1 aromatic carbocycles. The molecule has 6 heteroatoms. The Morgan fingerprint density at radius 3 is 2.54 bits per heavy atom. The highest BCUT2D eigenvalue weighted by Gasteiger charge is 2.42. The minimum absolute atomic E-state index is 0.00281. The van der Waals surface area contributed by atoms with Crippen LogP contribution < -0.4 is 5.32 Å². The van der Waals surface area contributed by atoms with E-state index in [0.29, 0.717) is 5.75 Å². The molecule has 0 aliphatic heterocycles. The van der Waals surface area contributed by atoms with Crippen LogP contribution in [0.15, 0.2) is 34.1 Å². The zero-order valence-electron chi connectivity index (χ0n) is 16.7. The first-order chi connectivity index (χ1) is 13.5. The van der Waals surface area contributed by atoms with E-state index in [-0.39, 0.29) is 11.3 Å². The lowest BCUT2D eigenvalue weighted by atomic mass is 9.57. The molecule has 0 spiro atoms. The van der Waals surface area contributed by atoms with Gasteiger partial charge in [0.05, 0.1) is 5.75 Å². The van der Waals surface area contributed by atoms with Gasteiger partial charge in [-0.2, -0.15) is 0 Å². The number of thioether (sulfide) groups is 1. The highest BCUT2D eigenvalue weighted by Crippen LogP contribution is 2.51. The molecule has 1 N–H and O–H groups in total. The topological polar surface area (TPSA) is 54.9 Å². The predicted octanol–water partition coefficient (Wildman–Crippen LogP) is 5.76. The largest absolute Gasteiger partial charge is 0.325 e. The van der Waals surface area contributed by atoms with Crippen LogP contribution in [0.3, 0.4) is 0 Å². The number of anilines is 1. The van der Waals surface area contributed by atoms with Crippen molar-refractivity contribution in [3.8, 4) is 0 Å². The number of benzene rings is 1. The summed E-state index contributed by atoms with van der Waals surface area (Å²) < 4.78 is 0.826. The van der Waals surface area contributed by atoms with Crippen LogP contribution in [0.25, 0.3) is 0 Å². The molecule has 1 amide bonds. The highest BCUT2D eigenvalue weighted by atomic mass is 32.2. The molecule has 2 unspecified atom stereocenters. The Morgan fingerprint density at radius 1 is 1.21 bits per heavy atom. The van der Waals surface area contributed by atoms with Gasteiger partial charge >= 0.3 is 0 Å². The van der Waals surface area contributed by atoms with Crippen molar-refractivity contribution in [1.29, 1.82) is 0 Å². The van der Waals surface area contributed by atoms with E-state index in [1.807, 2.05) is 0 Å². The Balaban J connectivity index is 1.35. The van der Waals surface area contributed by atoms with E-state index in [9.17, 15) is 4.79 Å². The van der Waals surface area contributed by atoms with Gasteiger partial charge in [0.1, 0.15) is 5.51 Å². The van der Waals surface area contributed by atoms with Crippen LogP contribution in [0.1, 0.15) is 57.9 Å². The summed E-state index contributed by atoms with van der Waals surface area (Å²) in [6, 6.07) is 8.58. The van der Waals surface area contributed by atoms with E-state index in [4.69, 9.17) is 0 Å². The molecule has 2 saturated carbocycles. The third-order valence-corrected chi connectivity index (χ3v) is 8.45. The van der Waals surface area contributed by atoms with Crippen LogP contribution in [0.5, 0.6) is 0 Å². The Labute approximate surface area is 175 Å². The molecule has 2 atom stereocenters. The first-order valence-electron chi connectivity index (χ1n) is 10.3. The van der Waals surface area contributed by atoms with Crippen molar-refractivity contribution < 1.29 is 4.79 Å². The fourth-order valence-electron chi connectivity index (χ4n) is 5.47. The average molecular weight is 416 g/mol. The Kier molecular flexibility index (Phi) is 6.07. The van der Waals surface area contributed by atoms with Crippen LogP contribution in [0.2, 0.25) is 0 Å². The summed E-state index contributed by atoms with van der Waals surface area (Å²) >= 11 is 2.88. The maximum atomic E-state index is 12.2. The van der Waals surface area contributed by atoms with Gasteiger partial charge in [0.15, 0.2) is 4.34 Å². The first-order valence-corrected chi connectivity index (χ1v) is 12.2. The lowest BCUT2D eigenvalue weighted by Crippen LogP contribution is -2.39. The molecule has 0 radical (unpaired) electrons. The minimum Gasteiger partial charge on any atom is -0.325 e. The number of fused-ring (bicyclic) bond motifs is 2. The molecular weight excluding hydrogens is 386 g/mol. The van der Waals surface area contributed by atoms with Crippen molar-refractivity contribution in [3.05, 3.63) is 35.3 Å². The summed E-state index contributed by atoms with van der Waals surface area (Å²) in [6.45, 7) is 4.80. The lowest BCUT2D eigenvalue weighted by Gasteiger charge is -2.48. The number of carbonyl (C=O) groups excluding carboxylic acids is 1. The molecule has 4 rings (SSSR count). The molecule has 1 aromatic heterocycles. The van der Waals surface area contributed by atoms with Gasteiger partial charge in [-0.25, -0.2) is 0 Å². The molecule has 150 valence electrons. The summed E-state index contributed by atoms with van der Waals surface area (Å²) in [6.07, 6.45) is 8.24. The second-order valence-corrected chi connectivity index (χ2v) is 10.9.